The molecule has 0 unspecified atom stereocenters. The van der Waals surface area contributed by atoms with E-state index in [0.29, 0.717) is 0 Å². The maximum Gasteiger partial charge on any atom is 1.00 e. The molecule has 0 rings (SSSR count). The molecule has 0 nitrogen and oxygen atoms in total. The molecular weight excluding hydrogens is 197 g/mol. The number of rotatable bonds is 0. The molecule has 0 saturated heterocycles. The fourth-order valence-electron chi connectivity index (χ4n) is 0. The number of halogens is 8. The van der Waals surface area contributed by atoms with Gasteiger partial charge in [0.1, 0.15) is 0 Å². The molecule has 0 bridgehead atoms. The summed E-state index contributed by atoms with van der Waals surface area (Å²) in [7, 11) is -12.0. The van der Waals surface area contributed by atoms with Crippen molar-refractivity contribution >= 4 is 14.5 Å². The van der Waals surface area contributed by atoms with Crippen molar-refractivity contribution in [3.05, 3.63) is 0 Å². The van der Waals surface area contributed by atoms with Gasteiger partial charge in [-0.05, 0) is 0 Å². The first-order valence-electron chi connectivity index (χ1n) is 1.75. The van der Waals surface area contributed by atoms with E-state index < -0.39 is 14.5 Å². The van der Waals surface area contributed by atoms with Crippen LogP contribution in [0.1, 0.15) is 1.43 Å². The monoisotopic (exact) mass is 198 g/mol. The van der Waals surface area contributed by atoms with Crippen molar-refractivity contribution in [1.29, 1.82) is 0 Å². The third-order valence-corrected chi connectivity index (χ3v) is 0. The van der Waals surface area contributed by atoms with Crippen LogP contribution >= 0.6 is 0 Å². The molecule has 0 N–H and O–H groups in total. The maximum absolute atomic E-state index is 9.75. The van der Waals surface area contributed by atoms with Gasteiger partial charge in [0, 0.05) is 0 Å². The van der Waals surface area contributed by atoms with Crippen LogP contribution in [0.2, 0.25) is 0 Å². The van der Waals surface area contributed by atoms with Crippen molar-refractivity contribution in [3.8, 4) is 0 Å². The van der Waals surface area contributed by atoms with E-state index in [1.807, 2.05) is 0 Å². The smallest absolute Gasteiger partial charge is 1.00 e. The van der Waals surface area contributed by atoms with Crippen molar-refractivity contribution in [2.75, 3.05) is 0 Å². The molecule has 0 aliphatic heterocycles. The minimum absolute atomic E-state index is 0. The SMILES string of the molecule is F[B-](F)(F)F.F[B-](F)(F)F.[H-].[Na+]. The van der Waals surface area contributed by atoms with Gasteiger partial charge in [-0.2, -0.15) is 0 Å². The Balaban J connectivity index is -0.0000000457. The molecule has 0 aromatic heterocycles. The summed E-state index contributed by atoms with van der Waals surface area (Å²) < 4.78 is 78.0. The summed E-state index contributed by atoms with van der Waals surface area (Å²) in [6.07, 6.45) is 0. The standard InChI is InChI=1S/2BF4.Na.H/c2*2-1(3,4)5;;/q2*-1;+1;-1. The van der Waals surface area contributed by atoms with Crippen LogP contribution in [0, 0.1) is 0 Å². The van der Waals surface area contributed by atoms with Crippen LogP contribution in [-0.4, -0.2) is 14.5 Å². The van der Waals surface area contributed by atoms with Crippen LogP contribution in [0.15, 0.2) is 0 Å². The van der Waals surface area contributed by atoms with Gasteiger partial charge in [-0.1, -0.05) is 0 Å². The number of hydrogen-bond acceptors (Lipinski definition) is 0. The molecule has 0 spiro atoms. The number of hydrogen-bond donors (Lipinski definition) is 0. The van der Waals surface area contributed by atoms with Crippen molar-refractivity contribution < 1.29 is 65.5 Å². The summed E-state index contributed by atoms with van der Waals surface area (Å²) in [4.78, 5) is 0. The zero-order valence-electron chi connectivity index (χ0n) is 6.18. The van der Waals surface area contributed by atoms with Gasteiger partial charge in [-0.25, -0.2) is 0 Å². The van der Waals surface area contributed by atoms with Gasteiger partial charge in [0.2, 0.25) is 0 Å². The molecule has 0 aliphatic rings. The molecule has 0 fully saturated rings. The van der Waals surface area contributed by atoms with E-state index >= 15 is 0 Å². The van der Waals surface area contributed by atoms with Crippen LogP contribution in [0.25, 0.3) is 0 Å². The average molecular weight is 198 g/mol. The molecule has 0 aliphatic carbocycles. The van der Waals surface area contributed by atoms with E-state index in [1.165, 1.54) is 0 Å². The van der Waals surface area contributed by atoms with Crippen molar-refractivity contribution in [3.63, 3.8) is 0 Å². The summed E-state index contributed by atoms with van der Waals surface area (Å²) in [6.45, 7) is 0. The molecule has 0 radical (unpaired) electrons. The van der Waals surface area contributed by atoms with Crippen LogP contribution in [-0.2, 0) is 0 Å². The van der Waals surface area contributed by atoms with Crippen LogP contribution in [0.5, 0.6) is 0 Å². The minimum atomic E-state index is -6.00. The summed E-state index contributed by atoms with van der Waals surface area (Å²) in [5.74, 6) is 0. The molecule has 66 valence electrons. The van der Waals surface area contributed by atoms with Gasteiger partial charge in [0.15, 0.2) is 0 Å². The first-order chi connectivity index (χ1) is 4.00. The Morgan fingerprint density at radius 1 is 0.545 bits per heavy atom. The van der Waals surface area contributed by atoms with Gasteiger partial charge >= 0.3 is 44.1 Å². The Kier molecular flexibility index (Phi) is 9.80. The van der Waals surface area contributed by atoms with E-state index in [4.69, 9.17) is 0 Å². The molecule has 11 heteroatoms. The Morgan fingerprint density at radius 2 is 0.545 bits per heavy atom. The Morgan fingerprint density at radius 3 is 0.545 bits per heavy atom. The minimum Gasteiger partial charge on any atom is -1.00 e. The van der Waals surface area contributed by atoms with Gasteiger partial charge in [-0.3, -0.25) is 0 Å². The van der Waals surface area contributed by atoms with Crippen molar-refractivity contribution in [2.24, 2.45) is 0 Å². The summed E-state index contributed by atoms with van der Waals surface area (Å²) in [5.41, 5.74) is 0. The molecule has 11 heavy (non-hydrogen) atoms. The molecule has 0 aromatic rings. The second-order valence-electron chi connectivity index (χ2n) is 0.990. The molecule has 0 atom stereocenters. The zero-order chi connectivity index (χ0) is 9.00. The largest absolute Gasteiger partial charge is 1.00 e. The quantitative estimate of drug-likeness (QED) is 0.370. The first kappa shape index (κ1) is 17.6. The summed E-state index contributed by atoms with van der Waals surface area (Å²) in [5, 5.41) is 0. The van der Waals surface area contributed by atoms with Crippen LogP contribution < -0.4 is 29.6 Å². The predicted molar refractivity (Wildman–Crippen MR) is 21.5 cm³/mol. The van der Waals surface area contributed by atoms with Crippen LogP contribution in [0.4, 0.5) is 34.5 Å². The van der Waals surface area contributed by atoms with Gasteiger partial charge in [-0.15, -0.1) is 0 Å². The third-order valence-electron chi connectivity index (χ3n) is 0. The average Bonchev–Trinajstić information content (AvgIpc) is 1.12. The molecule has 0 saturated carbocycles. The Hall–Kier alpha value is 0.570. The fourth-order valence-corrected chi connectivity index (χ4v) is 0. The molecule has 0 aromatic carbocycles. The normalized spacial score (nSPS) is 10.9. The maximum atomic E-state index is 9.75. The second-order valence-corrected chi connectivity index (χ2v) is 0.990. The summed E-state index contributed by atoms with van der Waals surface area (Å²) in [6, 6.07) is 0. The van der Waals surface area contributed by atoms with E-state index in [9.17, 15) is 34.5 Å². The van der Waals surface area contributed by atoms with Gasteiger partial charge < -0.3 is 36.0 Å². The Bertz CT molecular complexity index is 60.0. The molecule has 0 heterocycles. The van der Waals surface area contributed by atoms with Crippen molar-refractivity contribution in [1.82, 2.24) is 0 Å². The van der Waals surface area contributed by atoms with Gasteiger partial charge in [0.25, 0.3) is 0 Å². The van der Waals surface area contributed by atoms with Crippen molar-refractivity contribution in [2.45, 2.75) is 0 Å². The van der Waals surface area contributed by atoms with E-state index in [-0.39, 0.29) is 31.0 Å². The topological polar surface area (TPSA) is 0 Å². The second kappa shape index (κ2) is 6.13. The van der Waals surface area contributed by atoms with E-state index in [0.717, 1.165) is 0 Å². The van der Waals surface area contributed by atoms with Gasteiger partial charge in [0.05, 0.1) is 0 Å². The Labute approximate surface area is 80.3 Å². The molecule has 0 amide bonds. The predicted octanol–water partition coefficient (Wildman–Crippen LogP) is -0.284. The first-order valence-corrected chi connectivity index (χ1v) is 1.75. The fraction of sp³-hybridized carbons (Fsp3) is 0. The van der Waals surface area contributed by atoms with Crippen LogP contribution in [0.3, 0.4) is 0 Å². The third kappa shape index (κ3) is 2390. The summed E-state index contributed by atoms with van der Waals surface area (Å²) >= 11 is 0. The van der Waals surface area contributed by atoms with E-state index in [2.05, 4.69) is 0 Å². The van der Waals surface area contributed by atoms with E-state index in [1.54, 1.807) is 0 Å². The zero-order valence-corrected chi connectivity index (χ0v) is 7.18. The molecular formula is HB2F8Na-2.